The topological polar surface area (TPSA) is 12.4 Å². The number of rotatable bonds is 3. The summed E-state index contributed by atoms with van der Waals surface area (Å²) in [5.41, 5.74) is 3.60. The summed E-state index contributed by atoms with van der Waals surface area (Å²) in [6.45, 7) is 2.84. The zero-order valence-corrected chi connectivity index (χ0v) is 13.8. The lowest BCUT2D eigenvalue weighted by Crippen LogP contribution is -1.96. The molecule has 0 aliphatic heterocycles. The van der Waals surface area contributed by atoms with E-state index in [1.54, 1.807) is 0 Å². The Morgan fingerprint density at radius 1 is 0.826 bits per heavy atom. The average molecular weight is 315 g/mol. The molecular weight excluding hydrogens is 298 g/mol. The van der Waals surface area contributed by atoms with E-state index < -0.39 is 0 Å². The first kappa shape index (κ1) is 14.2. The van der Waals surface area contributed by atoms with Gasteiger partial charge in [-0.05, 0) is 18.6 Å². The van der Waals surface area contributed by atoms with Crippen LogP contribution < -0.4 is 0 Å². The Balaban J connectivity index is 1.79. The highest BCUT2D eigenvalue weighted by Gasteiger charge is 2.09. The van der Waals surface area contributed by atoms with Gasteiger partial charge in [0.25, 0.3) is 0 Å². The lowest BCUT2D eigenvalue weighted by molar-refractivity contribution is 1.07. The Kier molecular flexibility index (Phi) is 3.68. The van der Waals surface area contributed by atoms with Crippen LogP contribution in [0.4, 0.5) is 0 Å². The molecule has 0 aliphatic rings. The maximum absolute atomic E-state index is 4.81. The van der Waals surface area contributed by atoms with Gasteiger partial charge in [-0.3, -0.25) is 4.99 Å². The number of fused-ring (bicyclic) bond motifs is 3. The lowest BCUT2D eigenvalue weighted by Gasteiger charge is -2.04. The van der Waals surface area contributed by atoms with E-state index in [0.29, 0.717) is 0 Å². The standard InChI is InChI=1S/C21H17NS/c1-15(22-14-16-8-3-2-4-9-16)17-11-7-12-19-18-10-5-6-13-20(18)23-21(17)19/h2-13H,14H2,1H3. The van der Waals surface area contributed by atoms with Crippen molar-refractivity contribution in [1.29, 1.82) is 0 Å². The first-order valence-corrected chi connectivity index (χ1v) is 8.60. The Bertz CT molecular complexity index is 996. The molecule has 2 heteroatoms. The number of benzene rings is 3. The SMILES string of the molecule is CC(=NCc1ccccc1)c1cccc2c1sc1ccccc12. The van der Waals surface area contributed by atoms with E-state index in [1.165, 1.54) is 31.3 Å². The molecule has 0 atom stereocenters. The quantitative estimate of drug-likeness (QED) is 0.407. The lowest BCUT2D eigenvalue weighted by atomic mass is 10.1. The van der Waals surface area contributed by atoms with Crippen molar-refractivity contribution >= 4 is 37.2 Å². The van der Waals surface area contributed by atoms with Gasteiger partial charge < -0.3 is 0 Å². The highest BCUT2D eigenvalue weighted by Crippen LogP contribution is 2.35. The van der Waals surface area contributed by atoms with Crippen LogP contribution in [0, 0.1) is 0 Å². The van der Waals surface area contributed by atoms with E-state index >= 15 is 0 Å². The average Bonchev–Trinajstić information content (AvgIpc) is 2.99. The molecule has 4 aromatic rings. The fraction of sp³-hybridized carbons (Fsp3) is 0.0952. The van der Waals surface area contributed by atoms with Crippen molar-refractivity contribution in [2.75, 3.05) is 0 Å². The minimum absolute atomic E-state index is 0.730. The summed E-state index contributed by atoms with van der Waals surface area (Å²) in [5.74, 6) is 0. The van der Waals surface area contributed by atoms with Gasteiger partial charge in [-0.15, -0.1) is 11.3 Å². The van der Waals surface area contributed by atoms with E-state index in [4.69, 9.17) is 4.99 Å². The fourth-order valence-corrected chi connectivity index (χ4v) is 4.18. The molecule has 0 spiro atoms. The van der Waals surface area contributed by atoms with Crippen LogP contribution >= 0.6 is 11.3 Å². The second-order valence-electron chi connectivity index (χ2n) is 5.67. The third-order valence-corrected chi connectivity index (χ3v) is 5.36. The molecule has 0 fully saturated rings. The van der Waals surface area contributed by atoms with Crippen molar-refractivity contribution in [3.8, 4) is 0 Å². The molecule has 1 aromatic heterocycles. The van der Waals surface area contributed by atoms with Crippen LogP contribution in [0.3, 0.4) is 0 Å². The van der Waals surface area contributed by atoms with Gasteiger partial charge in [0.1, 0.15) is 0 Å². The summed E-state index contributed by atoms with van der Waals surface area (Å²) >= 11 is 1.86. The molecule has 0 aliphatic carbocycles. The zero-order valence-electron chi connectivity index (χ0n) is 13.0. The Morgan fingerprint density at radius 2 is 1.57 bits per heavy atom. The maximum atomic E-state index is 4.81. The van der Waals surface area contributed by atoms with E-state index in [2.05, 4.69) is 73.7 Å². The molecule has 1 nitrogen and oxygen atoms in total. The van der Waals surface area contributed by atoms with Gasteiger partial charge in [0, 0.05) is 31.4 Å². The summed E-state index contributed by atoms with van der Waals surface area (Å²) in [6, 6.07) is 25.5. The van der Waals surface area contributed by atoms with Crippen molar-refractivity contribution in [3.05, 3.63) is 83.9 Å². The van der Waals surface area contributed by atoms with Crippen molar-refractivity contribution < 1.29 is 0 Å². The van der Waals surface area contributed by atoms with Crippen molar-refractivity contribution in [2.24, 2.45) is 4.99 Å². The summed E-state index contributed by atoms with van der Waals surface area (Å²) in [5, 5.41) is 2.67. The summed E-state index contributed by atoms with van der Waals surface area (Å²) in [6.07, 6.45) is 0. The normalized spacial score (nSPS) is 12.1. The Morgan fingerprint density at radius 3 is 2.43 bits per heavy atom. The molecule has 4 rings (SSSR count). The van der Waals surface area contributed by atoms with E-state index in [1.807, 2.05) is 17.4 Å². The van der Waals surface area contributed by atoms with Crippen molar-refractivity contribution in [3.63, 3.8) is 0 Å². The Hall–Kier alpha value is -2.45. The molecule has 0 saturated heterocycles. The molecule has 0 radical (unpaired) electrons. The molecular formula is C21H17NS. The summed E-state index contributed by atoms with van der Waals surface area (Å²) < 4.78 is 2.67. The van der Waals surface area contributed by atoms with Gasteiger partial charge in [-0.2, -0.15) is 0 Å². The van der Waals surface area contributed by atoms with Crippen LogP contribution in [0.15, 0.2) is 77.8 Å². The highest BCUT2D eigenvalue weighted by molar-refractivity contribution is 7.26. The second kappa shape index (κ2) is 5.98. The summed E-state index contributed by atoms with van der Waals surface area (Å²) in [4.78, 5) is 4.81. The minimum Gasteiger partial charge on any atom is -0.285 e. The minimum atomic E-state index is 0.730. The van der Waals surface area contributed by atoms with Gasteiger partial charge in [-0.25, -0.2) is 0 Å². The van der Waals surface area contributed by atoms with Gasteiger partial charge in [-0.1, -0.05) is 66.7 Å². The smallest absolute Gasteiger partial charge is 0.0643 e. The second-order valence-corrected chi connectivity index (χ2v) is 6.72. The van der Waals surface area contributed by atoms with Crippen LogP contribution in [-0.2, 0) is 6.54 Å². The first-order valence-electron chi connectivity index (χ1n) is 7.78. The molecule has 0 bridgehead atoms. The maximum Gasteiger partial charge on any atom is 0.0643 e. The monoisotopic (exact) mass is 315 g/mol. The molecule has 0 N–H and O–H groups in total. The number of nitrogens with zero attached hydrogens (tertiary/aromatic N) is 1. The van der Waals surface area contributed by atoms with E-state index in [-0.39, 0.29) is 0 Å². The molecule has 3 aromatic carbocycles. The number of hydrogen-bond donors (Lipinski definition) is 0. The molecule has 0 saturated carbocycles. The number of thiophene rings is 1. The first-order chi connectivity index (χ1) is 11.3. The van der Waals surface area contributed by atoms with Crippen LogP contribution in [-0.4, -0.2) is 5.71 Å². The van der Waals surface area contributed by atoms with Gasteiger partial charge in [0.15, 0.2) is 0 Å². The fourth-order valence-electron chi connectivity index (χ4n) is 2.91. The van der Waals surface area contributed by atoms with Gasteiger partial charge in [0.2, 0.25) is 0 Å². The largest absolute Gasteiger partial charge is 0.285 e. The predicted octanol–water partition coefficient (Wildman–Crippen LogP) is 6.06. The summed E-state index contributed by atoms with van der Waals surface area (Å²) in [7, 11) is 0. The number of hydrogen-bond acceptors (Lipinski definition) is 2. The van der Waals surface area contributed by atoms with Crippen molar-refractivity contribution in [1.82, 2.24) is 0 Å². The van der Waals surface area contributed by atoms with Crippen molar-refractivity contribution in [2.45, 2.75) is 13.5 Å². The van der Waals surface area contributed by atoms with E-state index in [9.17, 15) is 0 Å². The van der Waals surface area contributed by atoms with Crippen LogP contribution in [0.25, 0.3) is 20.2 Å². The van der Waals surface area contributed by atoms with Crippen LogP contribution in [0.2, 0.25) is 0 Å². The molecule has 23 heavy (non-hydrogen) atoms. The van der Waals surface area contributed by atoms with Crippen LogP contribution in [0.5, 0.6) is 0 Å². The van der Waals surface area contributed by atoms with Crippen LogP contribution in [0.1, 0.15) is 18.1 Å². The third kappa shape index (κ3) is 2.66. The molecule has 0 unspecified atom stereocenters. The molecule has 112 valence electrons. The molecule has 1 heterocycles. The Labute approximate surface area is 139 Å². The highest BCUT2D eigenvalue weighted by atomic mass is 32.1. The van der Waals surface area contributed by atoms with Gasteiger partial charge in [0.05, 0.1) is 6.54 Å². The molecule has 0 amide bonds. The predicted molar refractivity (Wildman–Crippen MR) is 102 cm³/mol. The van der Waals surface area contributed by atoms with Gasteiger partial charge >= 0.3 is 0 Å². The van der Waals surface area contributed by atoms with E-state index in [0.717, 1.165) is 12.3 Å². The zero-order chi connectivity index (χ0) is 15.6. The third-order valence-electron chi connectivity index (χ3n) is 4.14. The number of aliphatic imine (C=N–C) groups is 1.